The smallest absolute Gasteiger partial charge is 0.213 e. The Morgan fingerprint density at radius 2 is 2.18 bits per heavy atom. The molecule has 0 aliphatic heterocycles. The molecule has 2 N–H and O–H groups in total. The SMILES string of the molecule is CN=C(NCc1ccnc(OCC2CC2)c1)NC(C)C(C)C. The first-order valence-electron chi connectivity index (χ1n) is 8.13. The van der Waals surface area contributed by atoms with Gasteiger partial charge in [-0.25, -0.2) is 4.98 Å². The van der Waals surface area contributed by atoms with Crippen molar-refractivity contribution in [2.75, 3.05) is 13.7 Å². The zero-order valence-electron chi connectivity index (χ0n) is 14.1. The lowest BCUT2D eigenvalue weighted by atomic mass is 10.1. The van der Waals surface area contributed by atoms with Gasteiger partial charge in [-0.2, -0.15) is 0 Å². The second-order valence-corrected chi connectivity index (χ2v) is 6.36. The summed E-state index contributed by atoms with van der Waals surface area (Å²) in [5.74, 6) is 2.83. The highest BCUT2D eigenvalue weighted by Crippen LogP contribution is 2.29. The summed E-state index contributed by atoms with van der Waals surface area (Å²) in [5.41, 5.74) is 1.14. The van der Waals surface area contributed by atoms with E-state index in [1.165, 1.54) is 12.8 Å². The molecule has 5 nitrogen and oxygen atoms in total. The van der Waals surface area contributed by atoms with E-state index >= 15 is 0 Å². The van der Waals surface area contributed by atoms with Gasteiger partial charge in [-0.1, -0.05) is 13.8 Å². The van der Waals surface area contributed by atoms with Gasteiger partial charge in [-0.3, -0.25) is 4.99 Å². The summed E-state index contributed by atoms with van der Waals surface area (Å²) >= 11 is 0. The van der Waals surface area contributed by atoms with Crippen molar-refractivity contribution < 1.29 is 4.74 Å². The Morgan fingerprint density at radius 3 is 2.82 bits per heavy atom. The van der Waals surface area contributed by atoms with Gasteiger partial charge >= 0.3 is 0 Å². The molecule has 0 aromatic carbocycles. The number of pyridine rings is 1. The second-order valence-electron chi connectivity index (χ2n) is 6.36. The fourth-order valence-corrected chi connectivity index (χ4v) is 1.89. The Morgan fingerprint density at radius 1 is 1.41 bits per heavy atom. The van der Waals surface area contributed by atoms with Crippen molar-refractivity contribution in [1.29, 1.82) is 0 Å². The van der Waals surface area contributed by atoms with Crippen LogP contribution in [0.25, 0.3) is 0 Å². The third kappa shape index (κ3) is 5.54. The normalized spacial score (nSPS) is 16.5. The molecule has 1 aromatic rings. The maximum absolute atomic E-state index is 5.71. The van der Waals surface area contributed by atoms with Crippen molar-refractivity contribution in [2.24, 2.45) is 16.8 Å². The van der Waals surface area contributed by atoms with E-state index in [-0.39, 0.29) is 0 Å². The van der Waals surface area contributed by atoms with Gasteiger partial charge in [0.15, 0.2) is 5.96 Å². The highest BCUT2D eigenvalue weighted by molar-refractivity contribution is 5.79. The third-order valence-electron chi connectivity index (χ3n) is 4.01. The monoisotopic (exact) mass is 304 g/mol. The number of nitrogens with one attached hydrogen (secondary N) is 2. The molecule has 0 radical (unpaired) electrons. The van der Waals surface area contributed by atoms with Crippen molar-refractivity contribution in [3.63, 3.8) is 0 Å². The molecule has 0 saturated heterocycles. The highest BCUT2D eigenvalue weighted by atomic mass is 16.5. The Kier molecular flexibility index (Phi) is 6.04. The van der Waals surface area contributed by atoms with Gasteiger partial charge in [-0.15, -0.1) is 0 Å². The van der Waals surface area contributed by atoms with Crippen LogP contribution in [0.4, 0.5) is 0 Å². The summed E-state index contributed by atoms with van der Waals surface area (Å²) in [6.45, 7) is 8.04. The van der Waals surface area contributed by atoms with Gasteiger partial charge in [0.1, 0.15) is 0 Å². The molecular weight excluding hydrogens is 276 g/mol. The number of nitrogens with zero attached hydrogens (tertiary/aromatic N) is 2. The molecule has 1 heterocycles. The van der Waals surface area contributed by atoms with Crippen LogP contribution in [0.5, 0.6) is 5.88 Å². The van der Waals surface area contributed by atoms with Crippen LogP contribution < -0.4 is 15.4 Å². The zero-order valence-corrected chi connectivity index (χ0v) is 14.1. The van der Waals surface area contributed by atoms with E-state index in [0.29, 0.717) is 24.4 Å². The molecule has 1 fully saturated rings. The van der Waals surface area contributed by atoms with E-state index < -0.39 is 0 Å². The lowest BCUT2D eigenvalue weighted by Gasteiger charge is -2.20. The van der Waals surface area contributed by atoms with Gasteiger partial charge < -0.3 is 15.4 Å². The van der Waals surface area contributed by atoms with E-state index in [9.17, 15) is 0 Å². The van der Waals surface area contributed by atoms with Crippen LogP contribution in [0.3, 0.4) is 0 Å². The summed E-state index contributed by atoms with van der Waals surface area (Å²) in [5, 5.41) is 6.72. The molecule has 1 atom stereocenters. The molecule has 0 amide bonds. The van der Waals surface area contributed by atoms with E-state index in [1.54, 1.807) is 13.2 Å². The number of rotatable bonds is 7. The number of aliphatic imine (C=N–C) groups is 1. The summed E-state index contributed by atoms with van der Waals surface area (Å²) in [4.78, 5) is 8.53. The van der Waals surface area contributed by atoms with Crippen molar-refractivity contribution >= 4 is 5.96 Å². The average Bonchev–Trinajstić information content (AvgIpc) is 3.33. The van der Waals surface area contributed by atoms with Gasteiger partial charge in [0.25, 0.3) is 0 Å². The summed E-state index contributed by atoms with van der Waals surface area (Å²) in [7, 11) is 1.79. The van der Waals surface area contributed by atoms with Crippen molar-refractivity contribution in [2.45, 2.75) is 46.2 Å². The van der Waals surface area contributed by atoms with Crippen LogP contribution in [-0.2, 0) is 6.54 Å². The Hall–Kier alpha value is -1.78. The quantitative estimate of drug-likeness (QED) is 0.600. The third-order valence-corrected chi connectivity index (χ3v) is 4.01. The van der Waals surface area contributed by atoms with Crippen LogP contribution in [0.2, 0.25) is 0 Å². The zero-order chi connectivity index (χ0) is 15.9. The highest BCUT2D eigenvalue weighted by Gasteiger charge is 2.22. The number of aromatic nitrogens is 1. The predicted molar refractivity (Wildman–Crippen MR) is 90.1 cm³/mol. The molecule has 0 bridgehead atoms. The van der Waals surface area contributed by atoms with Crippen LogP contribution in [-0.4, -0.2) is 30.6 Å². The van der Waals surface area contributed by atoms with Crippen LogP contribution in [0.1, 0.15) is 39.2 Å². The van der Waals surface area contributed by atoms with E-state index in [4.69, 9.17) is 4.74 Å². The Labute approximate surface area is 133 Å². The lowest BCUT2D eigenvalue weighted by Crippen LogP contribution is -2.43. The van der Waals surface area contributed by atoms with Crippen molar-refractivity contribution in [3.05, 3.63) is 23.9 Å². The number of hydrogen-bond donors (Lipinski definition) is 2. The molecule has 5 heteroatoms. The van der Waals surface area contributed by atoms with E-state index in [0.717, 1.165) is 24.0 Å². The molecule has 1 saturated carbocycles. The first-order valence-corrected chi connectivity index (χ1v) is 8.13. The van der Waals surface area contributed by atoms with Gasteiger partial charge in [0.2, 0.25) is 5.88 Å². The summed E-state index contributed by atoms with van der Waals surface area (Å²) in [6, 6.07) is 4.37. The molecule has 122 valence electrons. The maximum atomic E-state index is 5.71. The molecule has 22 heavy (non-hydrogen) atoms. The maximum Gasteiger partial charge on any atom is 0.213 e. The van der Waals surface area contributed by atoms with Crippen LogP contribution in [0, 0.1) is 11.8 Å². The molecule has 1 aliphatic carbocycles. The fraction of sp³-hybridized carbons (Fsp3) is 0.647. The lowest BCUT2D eigenvalue weighted by molar-refractivity contribution is 0.288. The summed E-state index contributed by atoms with van der Waals surface area (Å²) < 4.78 is 5.71. The summed E-state index contributed by atoms with van der Waals surface area (Å²) in [6.07, 6.45) is 4.38. The van der Waals surface area contributed by atoms with E-state index in [1.807, 2.05) is 12.1 Å². The van der Waals surface area contributed by atoms with Gasteiger partial charge in [0, 0.05) is 31.9 Å². The molecule has 1 unspecified atom stereocenters. The van der Waals surface area contributed by atoms with Gasteiger partial charge in [0.05, 0.1) is 6.61 Å². The molecule has 2 rings (SSSR count). The van der Waals surface area contributed by atoms with E-state index in [2.05, 4.69) is 41.4 Å². The van der Waals surface area contributed by atoms with Crippen molar-refractivity contribution in [1.82, 2.24) is 15.6 Å². The Bertz CT molecular complexity index is 497. The fourth-order valence-electron chi connectivity index (χ4n) is 1.89. The van der Waals surface area contributed by atoms with Crippen molar-refractivity contribution in [3.8, 4) is 5.88 Å². The molecular formula is C17H28N4O. The first kappa shape index (κ1) is 16.6. The van der Waals surface area contributed by atoms with Crippen LogP contribution >= 0.6 is 0 Å². The number of hydrogen-bond acceptors (Lipinski definition) is 3. The minimum Gasteiger partial charge on any atom is -0.477 e. The topological polar surface area (TPSA) is 58.5 Å². The van der Waals surface area contributed by atoms with Crippen LogP contribution in [0.15, 0.2) is 23.3 Å². The molecule has 0 spiro atoms. The van der Waals surface area contributed by atoms with Gasteiger partial charge in [-0.05, 0) is 43.2 Å². The predicted octanol–water partition coefficient (Wildman–Crippen LogP) is 2.58. The largest absolute Gasteiger partial charge is 0.477 e. The second kappa shape index (κ2) is 8.01. The Balaban J connectivity index is 1.82. The number of guanidine groups is 1. The molecule has 1 aliphatic rings. The number of ether oxygens (including phenoxy) is 1. The average molecular weight is 304 g/mol. The molecule has 1 aromatic heterocycles. The first-order chi connectivity index (χ1) is 10.6. The standard InChI is InChI=1S/C17H28N4O/c1-12(2)13(3)21-17(18-4)20-10-15-7-8-19-16(9-15)22-11-14-5-6-14/h7-9,12-14H,5-6,10-11H2,1-4H3,(H2,18,20,21). The minimum absolute atomic E-state index is 0.376. The minimum atomic E-state index is 0.376.